The second kappa shape index (κ2) is 9.27. The van der Waals surface area contributed by atoms with Crippen molar-refractivity contribution in [1.29, 1.82) is 0 Å². The van der Waals surface area contributed by atoms with Gasteiger partial charge in [-0.25, -0.2) is 0 Å². The highest BCUT2D eigenvalue weighted by Crippen LogP contribution is 2.27. The standard InChI is InChI=1S/C22H29NO3/c1-15(2)12-17-6-9-19(10-7-17)16(3)23-22(24)14-18-8-11-20(25-4)21(13-18)26-5/h6-11,13,15-16H,12,14H2,1-5H3,(H,23,24). The Hall–Kier alpha value is -2.49. The van der Waals surface area contributed by atoms with Crippen LogP contribution >= 0.6 is 0 Å². The van der Waals surface area contributed by atoms with Gasteiger partial charge in [0.2, 0.25) is 5.91 Å². The first kappa shape index (κ1) is 19.8. The van der Waals surface area contributed by atoms with Crippen LogP contribution < -0.4 is 14.8 Å². The van der Waals surface area contributed by atoms with Crippen LogP contribution in [0.3, 0.4) is 0 Å². The lowest BCUT2D eigenvalue weighted by Gasteiger charge is -2.16. The molecule has 1 atom stereocenters. The number of amides is 1. The summed E-state index contributed by atoms with van der Waals surface area (Å²) in [5, 5.41) is 3.06. The molecule has 2 aromatic carbocycles. The van der Waals surface area contributed by atoms with Crippen LogP contribution in [0.4, 0.5) is 0 Å². The Kier molecular flexibility index (Phi) is 7.07. The predicted octanol–water partition coefficient (Wildman–Crippen LogP) is 4.32. The van der Waals surface area contributed by atoms with Crippen molar-refractivity contribution >= 4 is 5.91 Å². The lowest BCUT2D eigenvalue weighted by Crippen LogP contribution is -2.28. The van der Waals surface area contributed by atoms with E-state index in [2.05, 4.69) is 43.4 Å². The molecule has 0 aliphatic heterocycles. The van der Waals surface area contributed by atoms with Crippen molar-refractivity contribution in [3.05, 3.63) is 59.2 Å². The van der Waals surface area contributed by atoms with Gasteiger partial charge in [0.25, 0.3) is 0 Å². The number of ether oxygens (including phenoxy) is 2. The fourth-order valence-electron chi connectivity index (χ4n) is 2.97. The second-order valence-electron chi connectivity index (χ2n) is 6.99. The van der Waals surface area contributed by atoms with Gasteiger partial charge in [-0.3, -0.25) is 4.79 Å². The molecule has 4 heteroatoms. The molecule has 26 heavy (non-hydrogen) atoms. The SMILES string of the molecule is COc1ccc(CC(=O)NC(C)c2ccc(CC(C)C)cc2)cc1OC. The van der Waals surface area contributed by atoms with E-state index in [0.717, 1.165) is 17.5 Å². The third-order valence-electron chi connectivity index (χ3n) is 4.31. The van der Waals surface area contributed by atoms with E-state index < -0.39 is 0 Å². The Labute approximate surface area is 156 Å². The fraction of sp³-hybridized carbons (Fsp3) is 0.409. The Morgan fingerprint density at radius 2 is 1.54 bits per heavy atom. The molecule has 1 unspecified atom stereocenters. The summed E-state index contributed by atoms with van der Waals surface area (Å²) >= 11 is 0. The first-order chi connectivity index (χ1) is 12.4. The van der Waals surface area contributed by atoms with Crippen LogP contribution in [0.15, 0.2) is 42.5 Å². The summed E-state index contributed by atoms with van der Waals surface area (Å²) in [6.07, 6.45) is 1.37. The van der Waals surface area contributed by atoms with Crippen molar-refractivity contribution in [2.45, 2.75) is 39.7 Å². The van der Waals surface area contributed by atoms with Crippen LogP contribution in [0, 0.1) is 5.92 Å². The Bertz CT molecular complexity index is 723. The molecule has 0 heterocycles. The second-order valence-corrected chi connectivity index (χ2v) is 6.99. The molecule has 0 fully saturated rings. The molecule has 0 bridgehead atoms. The molecular formula is C22H29NO3. The number of nitrogens with one attached hydrogen (secondary N) is 1. The van der Waals surface area contributed by atoms with E-state index in [4.69, 9.17) is 9.47 Å². The maximum Gasteiger partial charge on any atom is 0.224 e. The van der Waals surface area contributed by atoms with E-state index in [9.17, 15) is 4.79 Å². The maximum atomic E-state index is 12.4. The molecule has 1 N–H and O–H groups in total. The zero-order valence-electron chi connectivity index (χ0n) is 16.3. The van der Waals surface area contributed by atoms with Crippen LogP contribution in [0.25, 0.3) is 0 Å². The van der Waals surface area contributed by atoms with Crippen molar-refractivity contribution in [1.82, 2.24) is 5.32 Å². The van der Waals surface area contributed by atoms with E-state index in [0.29, 0.717) is 23.8 Å². The summed E-state index contributed by atoms with van der Waals surface area (Å²) in [4.78, 5) is 12.4. The Morgan fingerprint density at radius 3 is 2.12 bits per heavy atom. The van der Waals surface area contributed by atoms with Crippen LogP contribution in [0.5, 0.6) is 11.5 Å². The van der Waals surface area contributed by atoms with E-state index in [1.165, 1.54) is 5.56 Å². The average Bonchev–Trinajstić information content (AvgIpc) is 2.61. The summed E-state index contributed by atoms with van der Waals surface area (Å²) in [7, 11) is 3.19. The molecule has 140 valence electrons. The topological polar surface area (TPSA) is 47.6 Å². The van der Waals surface area contributed by atoms with Gasteiger partial charge in [-0.15, -0.1) is 0 Å². The molecule has 0 radical (unpaired) electrons. The predicted molar refractivity (Wildman–Crippen MR) is 105 cm³/mol. The highest BCUT2D eigenvalue weighted by molar-refractivity contribution is 5.79. The molecule has 0 saturated carbocycles. The molecule has 0 aliphatic rings. The third-order valence-corrected chi connectivity index (χ3v) is 4.31. The lowest BCUT2D eigenvalue weighted by atomic mass is 10.00. The number of hydrogen-bond donors (Lipinski definition) is 1. The molecule has 0 aromatic heterocycles. The highest BCUT2D eigenvalue weighted by Gasteiger charge is 2.12. The van der Waals surface area contributed by atoms with Crippen molar-refractivity contribution in [2.75, 3.05) is 14.2 Å². The molecule has 2 aromatic rings. The van der Waals surface area contributed by atoms with Gasteiger partial charge >= 0.3 is 0 Å². The summed E-state index contributed by atoms with van der Waals surface area (Å²) in [5.41, 5.74) is 3.32. The van der Waals surface area contributed by atoms with Crippen LogP contribution in [0.1, 0.15) is 43.5 Å². The van der Waals surface area contributed by atoms with Crippen molar-refractivity contribution in [3.8, 4) is 11.5 Å². The molecular weight excluding hydrogens is 326 g/mol. The van der Waals surface area contributed by atoms with E-state index in [1.807, 2.05) is 25.1 Å². The number of hydrogen-bond acceptors (Lipinski definition) is 3. The quantitative estimate of drug-likeness (QED) is 0.767. The average molecular weight is 355 g/mol. The van der Waals surface area contributed by atoms with E-state index in [-0.39, 0.29) is 11.9 Å². The number of rotatable bonds is 8. The summed E-state index contributed by atoms with van der Waals surface area (Å²) in [6, 6.07) is 14.0. The van der Waals surface area contributed by atoms with Crippen LogP contribution in [0.2, 0.25) is 0 Å². The summed E-state index contributed by atoms with van der Waals surface area (Å²) < 4.78 is 10.5. The molecule has 4 nitrogen and oxygen atoms in total. The molecule has 2 rings (SSSR count). The zero-order valence-corrected chi connectivity index (χ0v) is 16.3. The minimum absolute atomic E-state index is 0.0176. The van der Waals surface area contributed by atoms with Crippen molar-refractivity contribution < 1.29 is 14.3 Å². The van der Waals surface area contributed by atoms with Crippen molar-refractivity contribution in [3.63, 3.8) is 0 Å². The van der Waals surface area contributed by atoms with Gasteiger partial charge in [-0.2, -0.15) is 0 Å². The molecule has 0 saturated heterocycles. The minimum Gasteiger partial charge on any atom is -0.493 e. The lowest BCUT2D eigenvalue weighted by molar-refractivity contribution is -0.121. The normalized spacial score (nSPS) is 11.9. The van der Waals surface area contributed by atoms with Crippen LogP contribution in [-0.2, 0) is 17.6 Å². The Balaban J connectivity index is 1.96. The Morgan fingerprint density at radius 1 is 0.923 bits per heavy atom. The van der Waals surface area contributed by atoms with Gasteiger partial charge in [-0.05, 0) is 48.1 Å². The third kappa shape index (κ3) is 5.51. The largest absolute Gasteiger partial charge is 0.493 e. The fourth-order valence-corrected chi connectivity index (χ4v) is 2.97. The summed E-state index contributed by atoms with van der Waals surface area (Å²) in [6.45, 7) is 6.43. The maximum absolute atomic E-state index is 12.4. The molecule has 0 aliphatic carbocycles. The number of carbonyl (C=O) groups is 1. The number of methoxy groups -OCH3 is 2. The zero-order chi connectivity index (χ0) is 19.1. The first-order valence-electron chi connectivity index (χ1n) is 9.02. The highest BCUT2D eigenvalue weighted by atomic mass is 16.5. The van der Waals surface area contributed by atoms with E-state index in [1.54, 1.807) is 14.2 Å². The monoisotopic (exact) mass is 355 g/mol. The van der Waals surface area contributed by atoms with E-state index >= 15 is 0 Å². The molecule has 0 spiro atoms. The minimum atomic E-state index is -0.0317. The van der Waals surface area contributed by atoms with Gasteiger partial charge in [0.05, 0.1) is 26.7 Å². The van der Waals surface area contributed by atoms with Gasteiger partial charge in [0.15, 0.2) is 11.5 Å². The smallest absolute Gasteiger partial charge is 0.224 e. The number of carbonyl (C=O) groups excluding carboxylic acids is 1. The first-order valence-corrected chi connectivity index (χ1v) is 9.02. The number of benzene rings is 2. The van der Waals surface area contributed by atoms with Gasteiger partial charge in [0, 0.05) is 0 Å². The summed E-state index contributed by atoms with van der Waals surface area (Å²) in [5.74, 6) is 1.91. The van der Waals surface area contributed by atoms with Gasteiger partial charge in [0.1, 0.15) is 0 Å². The van der Waals surface area contributed by atoms with Crippen LogP contribution in [-0.4, -0.2) is 20.1 Å². The van der Waals surface area contributed by atoms with Gasteiger partial charge in [-0.1, -0.05) is 44.2 Å². The van der Waals surface area contributed by atoms with Gasteiger partial charge < -0.3 is 14.8 Å². The molecule has 1 amide bonds. The van der Waals surface area contributed by atoms with Crippen molar-refractivity contribution in [2.24, 2.45) is 5.92 Å².